The molecule has 3 aromatic rings. The summed E-state index contributed by atoms with van der Waals surface area (Å²) >= 11 is 0. The zero-order chi connectivity index (χ0) is 26.5. The number of carbonyl (C=O) groups is 1. The maximum atomic E-state index is 14.5. The van der Waals surface area contributed by atoms with Gasteiger partial charge in [-0.2, -0.15) is 0 Å². The molecule has 1 amide bonds. The largest absolute Gasteiger partial charge is 0.492 e. The van der Waals surface area contributed by atoms with Gasteiger partial charge in [0.25, 0.3) is 5.91 Å². The topological polar surface area (TPSA) is 107 Å². The number of carbonyl (C=O) groups excluding carboxylic acids is 1. The van der Waals surface area contributed by atoms with Crippen LogP contribution in [0.2, 0.25) is 0 Å². The molecule has 1 saturated heterocycles. The van der Waals surface area contributed by atoms with Crippen molar-refractivity contribution in [3.05, 3.63) is 53.7 Å². The van der Waals surface area contributed by atoms with E-state index in [1.165, 1.54) is 13.2 Å². The van der Waals surface area contributed by atoms with Crippen LogP contribution in [0.1, 0.15) is 42.7 Å². The molecule has 1 saturated carbocycles. The summed E-state index contributed by atoms with van der Waals surface area (Å²) in [6.07, 6.45) is 5.03. The van der Waals surface area contributed by atoms with E-state index in [-0.39, 0.29) is 35.4 Å². The molecule has 3 aliphatic rings. The molecule has 38 heavy (non-hydrogen) atoms. The molecule has 2 aromatic heterocycles. The Kier molecular flexibility index (Phi) is 6.03. The number of halogens is 1. The molecule has 200 valence electrons. The standard InChI is InChI=1S/C28H31FN4O5/c1-27(2)15-37-16(13-38-27)12-36-20-11-30-10-7-17(20)22-23(32-19-6-4-5-18(29)24(19)35-3)21-25(33-22)28(8-9-28)14-31-26(21)34/h4-7,10-11,16,32-33H,8-9,12-15H2,1-3H3,(H,31,34)/t16-/m0/s1. The molecule has 2 aliphatic heterocycles. The van der Waals surface area contributed by atoms with Gasteiger partial charge in [-0.25, -0.2) is 4.39 Å². The third-order valence-electron chi connectivity index (χ3n) is 7.43. The minimum atomic E-state index is -0.502. The smallest absolute Gasteiger partial charge is 0.255 e. The van der Waals surface area contributed by atoms with E-state index in [0.717, 1.165) is 18.5 Å². The Labute approximate surface area is 220 Å². The number of rotatable bonds is 7. The van der Waals surface area contributed by atoms with Gasteiger partial charge in [0.2, 0.25) is 0 Å². The quantitative estimate of drug-likeness (QED) is 0.424. The highest BCUT2D eigenvalue weighted by molar-refractivity contribution is 6.07. The van der Waals surface area contributed by atoms with E-state index in [1.807, 2.05) is 19.9 Å². The predicted molar refractivity (Wildman–Crippen MR) is 139 cm³/mol. The van der Waals surface area contributed by atoms with Crippen molar-refractivity contribution < 1.29 is 28.1 Å². The zero-order valence-corrected chi connectivity index (χ0v) is 21.7. The van der Waals surface area contributed by atoms with Crippen molar-refractivity contribution in [1.29, 1.82) is 0 Å². The summed E-state index contributed by atoms with van der Waals surface area (Å²) < 4.78 is 37.9. The first-order valence-corrected chi connectivity index (χ1v) is 12.8. The van der Waals surface area contributed by atoms with Crippen LogP contribution in [0.4, 0.5) is 15.8 Å². The fourth-order valence-corrected chi connectivity index (χ4v) is 5.11. The molecule has 2 fully saturated rings. The number of fused-ring (bicyclic) bond motifs is 2. The van der Waals surface area contributed by atoms with E-state index in [4.69, 9.17) is 18.9 Å². The van der Waals surface area contributed by atoms with Crippen LogP contribution in [-0.4, -0.2) is 61.1 Å². The number of nitrogens with zero attached hydrogens (tertiary/aromatic N) is 1. The van der Waals surface area contributed by atoms with Crippen LogP contribution in [0.25, 0.3) is 11.3 Å². The normalized spacial score (nSPS) is 20.9. The Morgan fingerprint density at radius 3 is 2.84 bits per heavy atom. The Balaban J connectivity index is 1.40. The van der Waals surface area contributed by atoms with E-state index < -0.39 is 5.82 Å². The Morgan fingerprint density at radius 1 is 1.26 bits per heavy atom. The fraction of sp³-hybridized carbons (Fsp3) is 0.429. The van der Waals surface area contributed by atoms with Crippen LogP contribution < -0.4 is 20.1 Å². The average molecular weight is 523 g/mol. The van der Waals surface area contributed by atoms with Crippen LogP contribution >= 0.6 is 0 Å². The molecular formula is C28H31FN4O5. The minimum absolute atomic E-state index is 0.0642. The number of para-hydroxylation sites is 1. The summed E-state index contributed by atoms with van der Waals surface area (Å²) in [4.78, 5) is 21.0. The number of hydrogen-bond acceptors (Lipinski definition) is 7. The van der Waals surface area contributed by atoms with Crippen molar-refractivity contribution in [3.63, 3.8) is 0 Å². The lowest BCUT2D eigenvalue weighted by atomic mass is 9.93. The molecule has 4 heterocycles. The summed E-state index contributed by atoms with van der Waals surface area (Å²) in [7, 11) is 1.41. The number of ether oxygens (including phenoxy) is 4. The van der Waals surface area contributed by atoms with Crippen LogP contribution in [0.3, 0.4) is 0 Å². The first-order valence-electron chi connectivity index (χ1n) is 12.8. The van der Waals surface area contributed by atoms with Gasteiger partial charge in [-0.15, -0.1) is 0 Å². The van der Waals surface area contributed by atoms with Crippen molar-refractivity contribution in [3.8, 4) is 22.8 Å². The van der Waals surface area contributed by atoms with Gasteiger partial charge in [-0.05, 0) is 44.9 Å². The number of benzene rings is 1. The van der Waals surface area contributed by atoms with E-state index in [9.17, 15) is 9.18 Å². The zero-order valence-electron chi connectivity index (χ0n) is 21.7. The van der Waals surface area contributed by atoms with Gasteiger partial charge in [0.1, 0.15) is 18.5 Å². The Morgan fingerprint density at radius 2 is 2.11 bits per heavy atom. The average Bonchev–Trinajstić information content (AvgIpc) is 3.58. The number of amides is 1. The second kappa shape index (κ2) is 9.28. The maximum absolute atomic E-state index is 14.5. The highest BCUT2D eigenvalue weighted by Gasteiger charge is 2.51. The lowest BCUT2D eigenvalue weighted by Crippen LogP contribution is -2.44. The van der Waals surface area contributed by atoms with Crippen LogP contribution in [0, 0.1) is 5.82 Å². The van der Waals surface area contributed by atoms with E-state index in [0.29, 0.717) is 53.7 Å². The third kappa shape index (κ3) is 4.37. The van der Waals surface area contributed by atoms with Gasteiger partial charge in [0.15, 0.2) is 11.6 Å². The predicted octanol–water partition coefficient (Wildman–Crippen LogP) is 4.32. The number of H-pyrrole nitrogens is 1. The van der Waals surface area contributed by atoms with Crippen LogP contribution in [0.15, 0.2) is 36.7 Å². The molecule has 1 atom stereocenters. The monoisotopic (exact) mass is 522 g/mol. The molecule has 6 rings (SSSR count). The number of methoxy groups -OCH3 is 1. The Hall–Kier alpha value is -3.63. The van der Waals surface area contributed by atoms with Gasteiger partial charge < -0.3 is 34.6 Å². The lowest BCUT2D eigenvalue weighted by molar-refractivity contribution is -0.181. The molecule has 0 radical (unpaired) electrons. The summed E-state index contributed by atoms with van der Waals surface area (Å²) in [6.45, 7) is 5.73. The van der Waals surface area contributed by atoms with Crippen molar-refractivity contribution >= 4 is 17.3 Å². The second-order valence-corrected chi connectivity index (χ2v) is 10.7. The molecule has 0 unspecified atom stereocenters. The van der Waals surface area contributed by atoms with Crippen molar-refractivity contribution in [1.82, 2.24) is 15.3 Å². The molecule has 1 spiro atoms. The molecule has 1 aliphatic carbocycles. The Bertz CT molecular complexity index is 1370. The summed E-state index contributed by atoms with van der Waals surface area (Å²) in [5.74, 6) is -0.101. The molecule has 1 aromatic carbocycles. The van der Waals surface area contributed by atoms with E-state index >= 15 is 0 Å². The van der Waals surface area contributed by atoms with E-state index in [1.54, 1.807) is 24.5 Å². The number of aromatic nitrogens is 2. The van der Waals surface area contributed by atoms with Crippen molar-refractivity contribution in [2.75, 3.05) is 38.8 Å². The summed E-state index contributed by atoms with van der Waals surface area (Å²) in [6, 6.07) is 6.47. The maximum Gasteiger partial charge on any atom is 0.255 e. The minimum Gasteiger partial charge on any atom is -0.492 e. The highest BCUT2D eigenvalue weighted by Crippen LogP contribution is 2.54. The van der Waals surface area contributed by atoms with Gasteiger partial charge in [-0.1, -0.05) is 6.07 Å². The molecular weight excluding hydrogens is 491 g/mol. The summed E-state index contributed by atoms with van der Waals surface area (Å²) in [5.41, 5.74) is 3.26. The van der Waals surface area contributed by atoms with Gasteiger partial charge in [-0.3, -0.25) is 9.78 Å². The molecule has 10 heteroatoms. The van der Waals surface area contributed by atoms with Crippen LogP contribution in [0.5, 0.6) is 11.5 Å². The number of hydrogen-bond donors (Lipinski definition) is 3. The fourth-order valence-electron chi connectivity index (χ4n) is 5.11. The number of anilines is 2. The van der Waals surface area contributed by atoms with Gasteiger partial charge in [0.05, 0.1) is 54.8 Å². The highest BCUT2D eigenvalue weighted by atomic mass is 19.1. The molecule has 9 nitrogen and oxygen atoms in total. The van der Waals surface area contributed by atoms with E-state index in [2.05, 4.69) is 20.6 Å². The van der Waals surface area contributed by atoms with Crippen molar-refractivity contribution in [2.45, 2.75) is 43.8 Å². The first kappa shape index (κ1) is 24.7. The van der Waals surface area contributed by atoms with Gasteiger partial charge >= 0.3 is 0 Å². The number of nitrogens with one attached hydrogen (secondary N) is 3. The molecule has 3 N–H and O–H groups in total. The summed E-state index contributed by atoms with van der Waals surface area (Å²) in [5, 5.41) is 6.33. The SMILES string of the molecule is COc1c(F)cccc1Nc1c(-c2ccncc2OC[C@H]2COC(C)(C)CO2)[nH]c2c1C(=O)NCC21CC1. The third-order valence-corrected chi connectivity index (χ3v) is 7.43. The van der Waals surface area contributed by atoms with Crippen LogP contribution in [-0.2, 0) is 14.9 Å². The number of aromatic amines is 1. The second-order valence-electron chi connectivity index (χ2n) is 10.7. The first-order chi connectivity index (χ1) is 18.3. The number of pyridine rings is 1. The lowest BCUT2D eigenvalue weighted by Gasteiger charge is -2.34. The molecule has 0 bridgehead atoms. The van der Waals surface area contributed by atoms with Crippen molar-refractivity contribution in [2.24, 2.45) is 0 Å². The van der Waals surface area contributed by atoms with Gasteiger partial charge in [0, 0.05) is 29.4 Å².